The average molecular weight is 304 g/mol. The van der Waals surface area contributed by atoms with Crippen LogP contribution in [0.3, 0.4) is 0 Å². The first-order valence-electron chi connectivity index (χ1n) is 7.60. The van der Waals surface area contributed by atoms with Gasteiger partial charge in [0.05, 0.1) is 0 Å². The van der Waals surface area contributed by atoms with E-state index >= 15 is 0 Å². The number of nitrogens with zero attached hydrogens (tertiary/aromatic N) is 1. The number of carbonyl (C=O) groups is 2. The molecule has 1 amide bonds. The number of rotatable bonds is 3. The first kappa shape index (κ1) is 16.6. The van der Waals surface area contributed by atoms with Crippen LogP contribution in [0.2, 0.25) is 0 Å². The Morgan fingerprint density at radius 3 is 2.45 bits per heavy atom. The van der Waals surface area contributed by atoms with E-state index in [0.717, 1.165) is 37.9 Å². The van der Waals surface area contributed by atoms with Crippen molar-refractivity contribution in [2.24, 2.45) is 17.5 Å². The van der Waals surface area contributed by atoms with Crippen LogP contribution in [0.25, 0.3) is 0 Å². The van der Waals surface area contributed by atoms with Crippen LogP contribution in [-0.2, 0) is 4.79 Å². The van der Waals surface area contributed by atoms with Crippen molar-refractivity contribution in [3.63, 3.8) is 0 Å². The fourth-order valence-corrected chi connectivity index (χ4v) is 2.50. The summed E-state index contributed by atoms with van der Waals surface area (Å²) >= 11 is 0. The number of carbonyl (C=O) groups excluding carboxylic acids is 2. The highest BCUT2D eigenvalue weighted by atomic mass is 16.1. The van der Waals surface area contributed by atoms with Gasteiger partial charge in [-0.25, -0.2) is 5.01 Å². The number of amides is 1. The van der Waals surface area contributed by atoms with Crippen LogP contribution in [0, 0.1) is 5.92 Å². The van der Waals surface area contributed by atoms with Crippen molar-refractivity contribution in [1.82, 2.24) is 10.3 Å². The van der Waals surface area contributed by atoms with Gasteiger partial charge in [0.2, 0.25) is 5.91 Å². The van der Waals surface area contributed by atoms with Gasteiger partial charge in [-0.1, -0.05) is 12.1 Å². The quantitative estimate of drug-likeness (QED) is 0.548. The first-order valence-corrected chi connectivity index (χ1v) is 7.60. The Labute approximate surface area is 130 Å². The third-order valence-electron chi connectivity index (χ3n) is 4.19. The van der Waals surface area contributed by atoms with Crippen molar-refractivity contribution in [3.05, 3.63) is 35.4 Å². The molecule has 1 aliphatic heterocycles. The maximum absolute atomic E-state index is 10.8. The van der Waals surface area contributed by atoms with Crippen LogP contribution < -0.4 is 16.9 Å². The van der Waals surface area contributed by atoms with E-state index in [0.29, 0.717) is 17.5 Å². The van der Waals surface area contributed by atoms with E-state index in [9.17, 15) is 9.59 Å². The highest BCUT2D eigenvalue weighted by Gasteiger charge is 2.37. The number of aldehydes is 1. The fraction of sp³-hybridized carbons (Fsp3) is 0.500. The molecule has 0 aromatic heterocycles. The highest BCUT2D eigenvalue weighted by Crippen LogP contribution is 2.45. The predicted octanol–water partition coefficient (Wildman–Crippen LogP) is 0.242. The van der Waals surface area contributed by atoms with Gasteiger partial charge in [-0.15, -0.1) is 0 Å². The van der Waals surface area contributed by atoms with E-state index in [1.165, 1.54) is 0 Å². The standard InChI is InChI=1S/C11H11NO2.C5H13N3/c12-11(14)8-3-1-7(2-4-8)10-5-9(10)6-13;1-5-4-7-2-3-8(5)6/h1-4,6,9-10H,5H2,(H2,12,14);5,7H,2-4,6H2,1H3/t9-,10-;5-/m11/s1. The summed E-state index contributed by atoms with van der Waals surface area (Å²) in [5.41, 5.74) is 6.74. The van der Waals surface area contributed by atoms with Gasteiger partial charge in [0.25, 0.3) is 0 Å². The van der Waals surface area contributed by atoms with Gasteiger partial charge in [0, 0.05) is 37.2 Å². The molecule has 1 saturated carbocycles. The van der Waals surface area contributed by atoms with E-state index in [-0.39, 0.29) is 5.92 Å². The van der Waals surface area contributed by atoms with Gasteiger partial charge >= 0.3 is 0 Å². The Kier molecular flexibility index (Phi) is 5.65. The molecular formula is C16H24N4O2. The number of nitrogens with one attached hydrogen (secondary N) is 1. The fourth-order valence-electron chi connectivity index (χ4n) is 2.50. The number of hydrazine groups is 1. The van der Waals surface area contributed by atoms with E-state index in [1.807, 2.05) is 17.1 Å². The molecule has 2 fully saturated rings. The molecule has 1 aromatic rings. The summed E-state index contributed by atoms with van der Waals surface area (Å²) < 4.78 is 0. The van der Waals surface area contributed by atoms with Crippen LogP contribution in [0.15, 0.2) is 24.3 Å². The molecule has 0 unspecified atom stereocenters. The molecule has 0 spiro atoms. The molecule has 5 N–H and O–H groups in total. The second-order valence-electron chi connectivity index (χ2n) is 5.92. The molecule has 22 heavy (non-hydrogen) atoms. The number of primary amides is 1. The second kappa shape index (κ2) is 7.49. The predicted molar refractivity (Wildman–Crippen MR) is 85.1 cm³/mol. The molecule has 2 aliphatic rings. The van der Waals surface area contributed by atoms with Crippen molar-refractivity contribution in [2.45, 2.75) is 25.3 Å². The summed E-state index contributed by atoms with van der Waals surface area (Å²) in [7, 11) is 0. The summed E-state index contributed by atoms with van der Waals surface area (Å²) in [6, 6.07) is 7.65. The van der Waals surface area contributed by atoms with Crippen molar-refractivity contribution in [2.75, 3.05) is 19.6 Å². The lowest BCUT2D eigenvalue weighted by atomic mass is 10.1. The Hall–Kier alpha value is -1.76. The minimum atomic E-state index is -0.417. The Morgan fingerprint density at radius 2 is 2.05 bits per heavy atom. The SMILES string of the molecule is C[C@@H]1CNCCN1N.NC(=O)c1ccc([C@H]2C[C@@H]2C=O)cc1. The number of piperazine rings is 1. The Morgan fingerprint density at radius 1 is 1.36 bits per heavy atom. The maximum Gasteiger partial charge on any atom is 0.248 e. The summed E-state index contributed by atoms with van der Waals surface area (Å²) in [4.78, 5) is 21.2. The third-order valence-corrected chi connectivity index (χ3v) is 4.19. The molecule has 1 aromatic carbocycles. The normalized spacial score (nSPS) is 27.5. The lowest BCUT2D eigenvalue weighted by Crippen LogP contribution is -2.52. The van der Waals surface area contributed by atoms with Crippen LogP contribution in [0.1, 0.15) is 35.2 Å². The van der Waals surface area contributed by atoms with E-state index in [1.54, 1.807) is 12.1 Å². The summed E-state index contributed by atoms with van der Waals surface area (Å²) in [5.74, 6) is 5.69. The van der Waals surface area contributed by atoms with Gasteiger partial charge in [-0.2, -0.15) is 0 Å². The Bertz CT molecular complexity index is 507. The van der Waals surface area contributed by atoms with Gasteiger partial charge < -0.3 is 15.8 Å². The topological polar surface area (TPSA) is 101 Å². The number of benzene rings is 1. The van der Waals surface area contributed by atoms with Gasteiger partial charge in [-0.05, 0) is 37.0 Å². The number of nitrogens with two attached hydrogens (primary N) is 2. The molecule has 0 bridgehead atoms. The Balaban J connectivity index is 0.000000188. The molecule has 3 rings (SSSR count). The van der Waals surface area contributed by atoms with E-state index in [4.69, 9.17) is 11.6 Å². The summed E-state index contributed by atoms with van der Waals surface area (Å²) in [5, 5.41) is 5.11. The maximum atomic E-state index is 10.8. The number of hydrogen-bond donors (Lipinski definition) is 3. The molecule has 1 saturated heterocycles. The monoisotopic (exact) mass is 304 g/mol. The zero-order chi connectivity index (χ0) is 16.1. The van der Waals surface area contributed by atoms with Crippen molar-refractivity contribution < 1.29 is 9.59 Å². The average Bonchev–Trinajstić information content (AvgIpc) is 3.31. The van der Waals surface area contributed by atoms with Crippen LogP contribution in [0.5, 0.6) is 0 Å². The zero-order valence-corrected chi connectivity index (χ0v) is 12.9. The third kappa shape index (κ3) is 4.37. The minimum absolute atomic E-state index is 0.175. The van der Waals surface area contributed by atoms with Gasteiger partial charge in [-0.3, -0.25) is 10.6 Å². The van der Waals surface area contributed by atoms with Crippen molar-refractivity contribution >= 4 is 12.2 Å². The molecule has 1 heterocycles. The first-order chi connectivity index (χ1) is 10.5. The smallest absolute Gasteiger partial charge is 0.248 e. The highest BCUT2D eigenvalue weighted by molar-refractivity contribution is 5.92. The molecule has 1 aliphatic carbocycles. The van der Waals surface area contributed by atoms with Crippen LogP contribution in [0.4, 0.5) is 0 Å². The van der Waals surface area contributed by atoms with E-state index in [2.05, 4.69) is 12.2 Å². The molecular weight excluding hydrogens is 280 g/mol. The summed E-state index contributed by atoms with van der Waals surface area (Å²) in [6.07, 6.45) is 1.92. The zero-order valence-electron chi connectivity index (χ0n) is 12.9. The van der Waals surface area contributed by atoms with Gasteiger partial charge in [0.15, 0.2) is 0 Å². The van der Waals surface area contributed by atoms with Crippen LogP contribution >= 0.6 is 0 Å². The molecule has 6 heteroatoms. The lowest BCUT2D eigenvalue weighted by Gasteiger charge is -2.29. The minimum Gasteiger partial charge on any atom is -0.366 e. The molecule has 3 atom stereocenters. The van der Waals surface area contributed by atoms with Crippen molar-refractivity contribution in [1.29, 1.82) is 0 Å². The van der Waals surface area contributed by atoms with Crippen molar-refractivity contribution in [3.8, 4) is 0 Å². The molecule has 6 nitrogen and oxygen atoms in total. The number of hydrogen-bond acceptors (Lipinski definition) is 5. The largest absolute Gasteiger partial charge is 0.366 e. The van der Waals surface area contributed by atoms with Crippen LogP contribution in [-0.4, -0.2) is 42.9 Å². The summed E-state index contributed by atoms with van der Waals surface area (Å²) in [6.45, 7) is 5.14. The van der Waals surface area contributed by atoms with E-state index < -0.39 is 5.91 Å². The molecule has 120 valence electrons. The molecule has 0 radical (unpaired) electrons. The van der Waals surface area contributed by atoms with Gasteiger partial charge in [0.1, 0.15) is 6.29 Å². The second-order valence-corrected chi connectivity index (χ2v) is 5.92. The lowest BCUT2D eigenvalue weighted by molar-refractivity contribution is -0.108.